The van der Waals surface area contributed by atoms with Crippen molar-refractivity contribution in [2.24, 2.45) is 0 Å². The van der Waals surface area contributed by atoms with Gasteiger partial charge in [-0.2, -0.15) is 0 Å². The molecule has 1 aromatic heterocycles. The lowest BCUT2D eigenvalue weighted by Gasteiger charge is -2.05. The van der Waals surface area contributed by atoms with E-state index in [2.05, 4.69) is 10.3 Å². The summed E-state index contributed by atoms with van der Waals surface area (Å²) in [6.07, 6.45) is 1.71. The highest BCUT2D eigenvalue weighted by molar-refractivity contribution is 5.58. The van der Waals surface area contributed by atoms with Crippen molar-refractivity contribution in [2.75, 3.05) is 0 Å². The summed E-state index contributed by atoms with van der Waals surface area (Å²) < 4.78 is 14.8. The van der Waals surface area contributed by atoms with E-state index in [-0.39, 0.29) is 12.4 Å². The van der Waals surface area contributed by atoms with Crippen molar-refractivity contribution in [1.82, 2.24) is 15.0 Å². The summed E-state index contributed by atoms with van der Waals surface area (Å²) in [5.41, 5.74) is 2.75. The van der Waals surface area contributed by atoms with Gasteiger partial charge in [0, 0.05) is 11.1 Å². The fourth-order valence-corrected chi connectivity index (χ4v) is 2.03. The van der Waals surface area contributed by atoms with E-state index in [0.717, 1.165) is 11.3 Å². The van der Waals surface area contributed by atoms with Crippen molar-refractivity contribution >= 4 is 0 Å². The van der Waals surface area contributed by atoms with E-state index in [1.54, 1.807) is 23.0 Å². The van der Waals surface area contributed by atoms with Gasteiger partial charge in [0.2, 0.25) is 0 Å². The average molecular weight is 269 g/mol. The Morgan fingerprint density at radius 2 is 1.95 bits per heavy atom. The molecular formula is C15H12FN3O. The molecule has 0 spiro atoms. The number of benzene rings is 2. The van der Waals surface area contributed by atoms with Crippen molar-refractivity contribution in [3.8, 4) is 16.9 Å². The Morgan fingerprint density at radius 3 is 2.75 bits per heavy atom. The van der Waals surface area contributed by atoms with Gasteiger partial charge in [-0.15, -0.1) is 5.10 Å². The molecule has 100 valence electrons. The first kappa shape index (κ1) is 12.5. The van der Waals surface area contributed by atoms with Gasteiger partial charge in [0.1, 0.15) is 11.5 Å². The number of hydrogen-bond donors (Lipinski definition) is 1. The van der Waals surface area contributed by atoms with Crippen molar-refractivity contribution in [1.29, 1.82) is 0 Å². The summed E-state index contributed by atoms with van der Waals surface area (Å²) in [6.45, 7) is -0.0780. The highest BCUT2D eigenvalue weighted by atomic mass is 19.1. The van der Waals surface area contributed by atoms with E-state index in [1.165, 1.54) is 12.1 Å². The van der Waals surface area contributed by atoms with Crippen molar-refractivity contribution in [2.45, 2.75) is 6.61 Å². The third kappa shape index (κ3) is 2.31. The van der Waals surface area contributed by atoms with Crippen LogP contribution in [-0.2, 0) is 6.61 Å². The van der Waals surface area contributed by atoms with Crippen LogP contribution in [0.2, 0.25) is 0 Å². The molecule has 0 bridgehead atoms. The zero-order chi connectivity index (χ0) is 13.9. The van der Waals surface area contributed by atoms with Crippen LogP contribution in [0.15, 0.2) is 54.7 Å². The van der Waals surface area contributed by atoms with Crippen LogP contribution in [0, 0.1) is 5.82 Å². The SMILES string of the molecule is OCc1ccccc1-n1cc(-c2cccc(F)c2)nn1. The molecule has 0 unspecified atom stereocenters. The van der Waals surface area contributed by atoms with Gasteiger partial charge in [0.25, 0.3) is 0 Å². The molecule has 0 fully saturated rings. The number of halogens is 1. The Morgan fingerprint density at radius 1 is 1.10 bits per heavy atom. The monoisotopic (exact) mass is 269 g/mol. The lowest BCUT2D eigenvalue weighted by atomic mass is 10.1. The molecule has 1 N–H and O–H groups in total. The van der Waals surface area contributed by atoms with Gasteiger partial charge in [0.15, 0.2) is 0 Å². The highest BCUT2D eigenvalue weighted by Crippen LogP contribution is 2.20. The number of nitrogens with zero attached hydrogens (tertiary/aromatic N) is 3. The Bertz CT molecular complexity index is 739. The van der Waals surface area contributed by atoms with E-state index in [1.807, 2.05) is 24.3 Å². The quantitative estimate of drug-likeness (QED) is 0.795. The van der Waals surface area contributed by atoms with E-state index < -0.39 is 0 Å². The standard InChI is InChI=1S/C15H12FN3O/c16-13-6-3-5-11(8-13)14-9-19(18-17-14)15-7-2-1-4-12(15)10-20/h1-9,20H,10H2. The Kier molecular flexibility index (Phi) is 3.26. The van der Waals surface area contributed by atoms with Crippen LogP contribution < -0.4 is 0 Å². The fraction of sp³-hybridized carbons (Fsp3) is 0.0667. The molecule has 3 aromatic rings. The predicted molar refractivity (Wildman–Crippen MR) is 72.7 cm³/mol. The molecule has 5 heteroatoms. The Hall–Kier alpha value is -2.53. The van der Waals surface area contributed by atoms with Gasteiger partial charge in [0.05, 0.1) is 18.5 Å². The number of aliphatic hydroxyl groups is 1. The van der Waals surface area contributed by atoms with E-state index in [0.29, 0.717) is 11.3 Å². The van der Waals surface area contributed by atoms with Crippen molar-refractivity contribution in [3.05, 3.63) is 66.1 Å². The molecule has 2 aromatic carbocycles. The number of para-hydroxylation sites is 1. The second kappa shape index (κ2) is 5.22. The van der Waals surface area contributed by atoms with Gasteiger partial charge in [-0.3, -0.25) is 0 Å². The number of hydrogen-bond acceptors (Lipinski definition) is 3. The molecule has 0 saturated carbocycles. The van der Waals surface area contributed by atoms with Crippen molar-refractivity contribution < 1.29 is 9.50 Å². The largest absolute Gasteiger partial charge is 0.392 e. The highest BCUT2D eigenvalue weighted by Gasteiger charge is 2.08. The van der Waals surface area contributed by atoms with Crippen LogP contribution in [0.5, 0.6) is 0 Å². The third-order valence-electron chi connectivity index (χ3n) is 3.02. The maximum Gasteiger partial charge on any atom is 0.123 e. The molecule has 0 saturated heterocycles. The van der Waals surface area contributed by atoms with Crippen LogP contribution in [0.4, 0.5) is 4.39 Å². The smallest absolute Gasteiger partial charge is 0.123 e. The maximum absolute atomic E-state index is 13.2. The minimum absolute atomic E-state index is 0.0780. The average Bonchev–Trinajstić information content (AvgIpc) is 2.97. The van der Waals surface area contributed by atoms with Gasteiger partial charge in [-0.1, -0.05) is 35.5 Å². The topological polar surface area (TPSA) is 50.9 Å². The molecule has 0 amide bonds. The van der Waals surface area contributed by atoms with Crippen molar-refractivity contribution in [3.63, 3.8) is 0 Å². The van der Waals surface area contributed by atoms with E-state index in [9.17, 15) is 9.50 Å². The molecule has 4 nitrogen and oxygen atoms in total. The predicted octanol–water partition coefficient (Wildman–Crippen LogP) is 2.57. The van der Waals surface area contributed by atoms with E-state index in [4.69, 9.17) is 0 Å². The van der Waals surface area contributed by atoms with E-state index >= 15 is 0 Å². The Balaban J connectivity index is 2.02. The van der Waals surface area contributed by atoms with Crippen LogP contribution in [0.25, 0.3) is 16.9 Å². The number of rotatable bonds is 3. The molecule has 0 radical (unpaired) electrons. The maximum atomic E-state index is 13.2. The molecular weight excluding hydrogens is 257 g/mol. The van der Waals surface area contributed by atoms with Crippen LogP contribution in [0.1, 0.15) is 5.56 Å². The second-order valence-electron chi connectivity index (χ2n) is 4.35. The molecule has 3 rings (SSSR count). The minimum Gasteiger partial charge on any atom is -0.392 e. The summed E-state index contributed by atoms with van der Waals surface area (Å²) >= 11 is 0. The summed E-state index contributed by atoms with van der Waals surface area (Å²) in [4.78, 5) is 0. The number of aliphatic hydroxyl groups excluding tert-OH is 1. The Labute approximate surface area is 115 Å². The van der Waals surface area contributed by atoms with Crippen LogP contribution in [0.3, 0.4) is 0 Å². The summed E-state index contributed by atoms with van der Waals surface area (Å²) in [7, 11) is 0. The number of aromatic nitrogens is 3. The zero-order valence-electron chi connectivity index (χ0n) is 10.6. The fourth-order valence-electron chi connectivity index (χ4n) is 2.03. The molecule has 0 atom stereocenters. The summed E-state index contributed by atoms with van der Waals surface area (Å²) in [5, 5.41) is 17.4. The molecule has 20 heavy (non-hydrogen) atoms. The molecule has 0 aliphatic rings. The third-order valence-corrected chi connectivity index (χ3v) is 3.02. The summed E-state index contributed by atoms with van der Waals surface area (Å²) in [5.74, 6) is -0.312. The first-order valence-electron chi connectivity index (χ1n) is 6.15. The first-order valence-corrected chi connectivity index (χ1v) is 6.15. The van der Waals surface area contributed by atoms with Crippen LogP contribution in [-0.4, -0.2) is 20.1 Å². The molecule has 0 aliphatic carbocycles. The lowest BCUT2D eigenvalue weighted by molar-refractivity contribution is 0.281. The lowest BCUT2D eigenvalue weighted by Crippen LogP contribution is -2.00. The minimum atomic E-state index is -0.312. The second-order valence-corrected chi connectivity index (χ2v) is 4.35. The van der Waals surface area contributed by atoms with Crippen LogP contribution >= 0.6 is 0 Å². The van der Waals surface area contributed by atoms with Gasteiger partial charge < -0.3 is 5.11 Å². The molecule has 1 heterocycles. The van der Waals surface area contributed by atoms with Gasteiger partial charge in [-0.05, 0) is 18.2 Å². The first-order chi connectivity index (χ1) is 9.78. The zero-order valence-corrected chi connectivity index (χ0v) is 10.6. The summed E-state index contributed by atoms with van der Waals surface area (Å²) in [6, 6.07) is 13.6. The van der Waals surface area contributed by atoms with Gasteiger partial charge >= 0.3 is 0 Å². The normalized spacial score (nSPS) is 10.7. The molecule has 0 aliphatic heterocycles. The van der Waals surface area contributed by atoms with Gasteiger partial charge in [-0.25, -0.2) is 9.07 Å².